The third-order valence-electron chi connectivity index (χ3n) is 1.10. The van der Waals surface area contributed by atoms with Gasteiger partial charge in [-0.3, -0.25) is 15.5 Å². The molecule has 4 N–H and O–H groups in total. The molecule has 0 aliphatic rings. The molecule has 0 heterocycles. The lowest BCUT2D eigenvalue weighted by Crippen LogP contribution is -2.17. The Labute approximate surface area is 53.3 Å². The zero-order valence-electron chi connectivity index (χ0n) is 5.43. The van der Waals surface area contributed by atoms with Gasteiger partial charge >= 0.3 is 0 Å². The number of hydrogen-bond donors (Lipinski definition) is 3. The molecule has 0 saturated heterocycles. The van der Waals surface area contributed by atoms with Gasteiger partial charge in [0.25, 0.3) is 0 Å². The van der Waals surface area contributed by atoms with E-state index in [0.29, 0.717) is 11.3 Å². The van der Waals surface area contributed by atoms with Crippen LogP contribution in [0.4, 0.5) is 0 Å². The Balaban J connectivity index is 4.28. The molecule has 0 fully saturated rings. The minimum atomic E-state index is -0.533. The van der Waals surface area contributed by atoms with Crippen LogP contribution < -0.4 is 11.2 Å². The van der Waals surface area contributed by atoms with Gasteiger partial charge in [-0.2, -0.15) is 0 Å². The summed E-state index contributed by atoms with van der Waals surface area (Å²) in [7, 11) is 0. The lowest BCUT2D eigenvalue weighted by Gasteiger charge is -1.99. The fraction of sp³-hybridized carbons (Fsp3) is 0.400. The average molecular weight is 130 g/mol. The van der Waals surface area contributed by atoms with Crippen LogP contribution in [0.1, 0.15) is 13.8 Å². The Bertz CT molecular complexity index is 151. The zero-order valence-corrected chi connectivity index (χ0v) is 5.43. The molecule has 0 aliphatic heterocycles. The van der Waals surface area contributed by atoms with Crippen molar-refractivity contribution in [2.75, 3.05) is 0 Å². The van der Waals surface area contributed by atoms with Crippen LogP contribution in [0.25, 0.3) is 0 Å². The van der Waals surface area contributed by atoms with Crippen LogP contribution in [0.5, 0.6) is 0 Å². The van der Waals surface area contributed by atoms with Crippen LogP contribution in [0, 0.1) is 0 Å². The number of rotatable bonds is 2. The highest BCUT2D eigenvalue weighted by molar-refractivity contribution is 5.91. The first-order chi connectivity index (χ1) is 4.09. The van der Waals surface area contributed by atoms with Crippen LogP contribution >= 0.6 is 0 Å². The third kappa shape index (κ3) is 2.14. The molecule has 0 atom stereocenters. The molecule has 0 aromatic heterocycles. The molecule has 0 aromatic rings. The number of hydroxylamine groups is 1. The summed E-state index contributed by atoms with van der Waals surface area (Å²) in [5, 5.41) is 8.24. The summed E-state index contributed by atoms with van der Waals surface area (Å²) in [5.41, 5.74) is 7.40. The second kappa shape index (κ2) is 3.09. The van der Waals surface area contributed by atoms with E-state index in [1.165, 1.54) is 6.92 Å². The average Bonchev–Trinajstić information content (AvgIpc) is 1.84. The van der Waals surface area contributed by atoms with Crippen LogP contribution in [0.15, 0.2) is 11.3 Å². The molecule has 0 rings (SSSR count). The summed E-state index contributed by atoms with van der Waals surface area (Å²) in [6, 6.07) is 0. The summed E-state index contributed by atoms with van der Waals surface area (Å²) in [4.78, 5) is 10.3. The van der Waals surface area contributed by atoms with Crippen molar-refractivity contribution >= 4 is 5.91 Å². The Morgan fingerprint density at radius 2 is 2.00 bits per heavy atom. The second-order valence-corrected chi connectivity index (χ2v) is 1.73. The van der Waals surface area contributed by atoms with Crippen molar-refractivity contribution in [1.82, 2.24) is 5.48 Å². The maximum atomic E-state index is 10.3. The van der Waals surface area contributed by atoms with E-state index in [-0.39, 0.29) is 0 Å². The third-order valence-corrected chi connectivity index (χ3v) is 1.10. The maximum Gasteiger partial charge on any atom is 0.246 e. The van der Waals surface area contributed by atoms with Crippen molar-refractivity contribution in [3.8, 4) is 0 Å². The summed E-state index contributed by atoms with van der Waals surface area (Å²) >= 11 is 0. The lowest BCUT2D eigenvalue weighted by molar-refractivity contribution is -0.114. The van der Waals surface area contributed by atoms with Gasteiger partial charge < -0.3 is 5.73 Å². The Kier molecular flexibility index (Phi) is 2.73. The SMILES string of the molecule is C/C(NO)=C(/C)C(N)=O. The minimum absolute atomic E-state index is 0.331. The van der Waals surface area contributed by atoms with Gasteiger partial charge in [0.15, 0.2) is 0 Å². The van der Waals surface area contributed by atoms with Crippen molar-refractivity contribution in [2.24, 2.45) is 5.73 Å². The fourth-order valence-corrected chi connectivity index (χ4v) is 0.269. The summed E-state index contributed by atoms with van der Waals surface area (Å²) in [6.45, 7) is 3.08. The standard InChI is InChI=1S/C5H10N2O2/c1-3(5(6)8)4(2)7-9/h7,9H,1-2H3,(H2,6,8)/b4-3+. The summed E-state index contributed by atoms with van der Waals surface area (Å²) < 4.78 is 0. The maximum absolute atomic E-state index is 10.3. The molecule has 0 unspecified atom stereocenters. The van der Waals surface area contributed by atoms with Gasteiger partial charge in [0, 0.05) is 11.3 Å². The zero-order chi connectivity index (χ0) is 7.44. The number of allylic oxidation sites excluding steroid dienone is 1. The molecule has 0 aliphatic carbocycles. The first-order valence-electron chi connectivity index (χ1n) is 2.47. The molecule has 0 spiro atoms. The first kappa shape index (κ1) is 7.97. The summed E-state index contributed by atoms with van der Waals surface area (Å²) in [6.07, 6.45) is 0. The molecule has 1 amide bonds. The lowest BCUT2D eigenvalue weighted by atomic mass is 10.2. The van der Waals surface area contributed by atoms with E-state index in [4.69, 9.17) is 10.9 Å². The van der Waals surface area contributed by atoms with E-state index in [1.807, 2.05) is 5.48 Å². The molecule has 52 valence electrons. The minimum Gasteiger partial charge on any atom is -0.366 e. The highest BCUT2D eigenvalue weighted by Gasteiger charge is 2.00. The normalized spacial score (nSPS) is 12.3. The predicted molar refractivity (Wildman–Crippen MR) is 32.5 cm³/mol. The topological polar surface area (TPSA) is 75.3 Å². The van der Waals surface area contributed by atoms with Gasteiger partial charge in [0.2, 0.25) is 5.91 Å². The molecule has 0 aromatic carbocycles. The highest BCUT2D eigenvalue weighted by atomic mass is 16.5. The van der Waals surface area contributed by atoms with Gasteiger partial charge in [-0.1, -0.05) is 0 Å². The number of carbonyl (C=O) groups is 1. The van der Waals surface area contributed by atoms with Crippen LogP contribution in [0.2, 0.25) is 0 Å². The van der Waals surface area contributed by atoms with Crippen LogP contribution in [-0.2, 0) is 4.79 Å². The van der Waals surface area contributed by atoms with E-state index >= 15 is 0 Å². The Morgan fingerprint density at radius 1 is 1.56 bits per heavy atom. The predicted octanol–water partition coefficient (Wildman–Crippen LogP) is -0.256. The van der Waals surface area contributed by atoms with Crippen LogP contribution in [0.3, 0.4) is 0 Å². The number of primary amides is 1. The van der Waals surface area contributed by atoms with Crippen LogP contribution in [-0.4, -0.2) is 11.1 Å². The molecule has 9 heavy (non-hydrogen) atoms. The number of nitrogens with one attached hydrogen (secondary N) is 1. The molecule has 0 radical (unpaired) electrons. The van der Waals surface area contributed by atoms with Crippen molar-refractivity contribution in [2.45, 2.75) is 13.8 Å². The van der Waals surface area contributed by atoms with E-state index < -0.39 is 5.91 Å². The van der Waals surface area contributed by atoms with E-state index in [0.717, 1.165) is 0 Å². The van der Waals surface area contributed by atoms with Gasteiger partial charge in [-0.05, 0) is 13.8 Å². The molecule has 4 heteroatoms. The van der Waals surface area contributed by atoms with Crippen molar-refractivity contribution in [3.05, 3.63) is 11.3 Å². The van der Waals surface area contributed by atoms with E-state index in [1.54, 1.807) is 6.92 Å². The number of amides is 1. The van der Waals surface area contributed by atoms with E-state index in [2.05, 4.69) is 0 Å². The fourth-order valence-electron chi connectivity index (χ4n) is 0.269. The largest absolute Gasteiger partial charge is 0.366 e. The number of nitrogens with two attached hydrogens (primary N) is 1. The molecule has 0 saturated carbocycles. The smallest absolute Gasteiger partial charge is 0.246 e. The molecular formula is C5H10N2O2. The van der Waals surface area contributed by atoms with Gasteiger partial charge in [-0.15, -0.1) is 0 Å². The molecular weight excluding hydrogens is 120 g/mol. The molecule has 4 nitrogen and oxygen atoms in total. The van der Waals surface area contributed by atoms with E-state index in [9.17, 15) is 4.79 Å². The molecule has 0 bridgehead atoms. The van der Waals surface area contributed by atoms with Crippen molar-refractivity contribution in [1.29, 1.82) is 0 Å². The quantitative estimate of drug-likeness (QED) is 0.356. The van der Waals surface area contributed by atoms with Crippen molar-refractivity contribution < 1.29 is 10.0 Å². The first-order valence-corrected chi connectivity index (χ1v) is 2.47. The van der Waals surface area contributed by atoms with Gasteiger partial charge in [0.1, 0.15) is 0 Å². The highest BCUT2D eigenvalue weighted by Crippen LogP contribution is 1.95. The Hall–Kier alpha value is -1.03. The van der Waals surface area contributed by atoms with Gasteiger partial charge in [-0.25, -0.2) is 0 Å². The number of carbonyl (C=O) groups excluding carboxylic acids is 1. The number of hydrogen-bond acceptors (Lipinski definition) is 3. The second-order valence-electron chi connectivity index (χ2n) is 1.73. The monoisotopic (exact) mass is 130 g/mol. The van der Waals surface area contributed by atoms with Gasteiger partial charge in [0.05, 0.1) is 0 Å². The van der Waals surface area contributed by atoms with Crippen molar-refractivity contribution in [3.63, 3.8) is 0 Å². The Morgan fingerprint density at radius 3 is 2.11 bits per heavy atom. The summed E-state index contributed by atoms with van der Waals surface area (Å²) in [5.74, 6) is -0.533.